The Morgan fingerprint density at radius 1 is 1.24 bits per heavy atom. The number of aromatic nitrogens is 1. The van der Waals surface area contributed by atoms with Gasteiger partial charge in [0.2, 0.25) is 0 Å². The third kappa shape index (κ3) is 3.50. The van der Waals surface area contributed by atoms with Crippen molar-refractivity contribution in [3.8, 4) is 16.6 Å². The van der Waals surface area contributed by atoms with Crippen molar-refractivity contribution in [2.45, 2.75) is 21.8 Å². The van der Waals surface area contributed by atoms with Gasteiger partial charge in [0.05, 0.1) is 17.0 Å². The van der Waals surface area contributed by atoms with Gasteiger partial charge in [-0.3, -0.25) is 4.79 Å². The van der Waals surface area contributed by atoms with E-state index in [1.165, 1.54) is 16.2 Å². The number of nitriles is 1. The predicted octanol–water partition coefficient (Wildman–Crippen LogP) is 4.25. The zero-order chi connectivity index (χ0) is 19.8. The van der Waals surface area contributed by atoms with E-state index in [9.17, 15) is 4.79 Å². The first-order valence-electron chi connectivity index (χ1n) is 9.42. The monoisotopic (exact) mass is 418 g/mol. The van der Waals surface area contributed by atoms with Gasteiger partial charge in [0.25, 0.3) is 5.91 Å². The standard InChI is InChI=1S/C22H18N4OS2/c23-14-26-12-15-10-22(15,13-26)25-20(27)21-24-11-19(29-21)17-8-4-5-9-18(17)28-16-6-2-1-3-7-16/h1-9,11,15H,10,12-13H2,(H,25,27)/t15?,22-/m0/s1. The number of hydrogen-bond donors (Lipinski definition) is 1. The number of nitrogens with zero attached hydrogens (tertiary/aromatic N) is 3. The van der Waals surface area contributed by atoms with Crippen molar-refractivity contribution in [3.63, 3.8) is 0 Å². The van der Waals surface area contributed by atoms with Crippen LogP contribution in [0, 0.1) is 17.4 Å². The van der Waals surface area contributed by atoms with Crippen molar-refractivity contribution >= 4 is 29.0 Å². The summed E-state index contributed by atoms with van der Waals surface area (Å²) in [7, 11) is 0. The van der Waals surface area contributed by atoms with Gasteiger partial charge in [-0.15, -0.1) is 11.3 Å². The lowest BCUT2D eigenvalue weighted by Gasteiger charge is -2.16. The Morgan fingerprint density at radius 3 is 2.83 bits per heavy atom. The summed E-state index contributed by atoms with van der Waals surface area (Å²) in [4.78, 5) is 22.2. The maximum Gasteiger partial charge on any atom is 0.280 e. The van der Waals surface area contributed by atoms with E-state index in [-0.39, 0.29) is 11.4 Å². The summed E-state index contributed by atoms with van der Waals surface area (Å²) in [5, 5.41) is 12.7. The number of thiazole rings is 1. The van der Waals surface area contributed by atoms with E-state index in [1.807, 2.05) is 30.3 Å². The van der Waals surface area contributed by atoms with E-state index in [4.69, 9.17) is 5.26 Å². The number of carbonyl (C=O) groups excluding carboxylic acids is 1. The summed E-state index contributed by atoms with van der Waals surface area (Å²) < 4.78 is 0. The number of rotatable bonds is 5. The third-order valence-electron chi connectivity index (χ3n) is 5.47. The molecule has 1 amide bonds. The maximum absolute atomic E-state index is 12.8. The second kappa shape index (κ2) is 7.21. The molecule has 1 aliphatic heterocycles. The molecule has 1 unspecified atom stereocenters. The van der Waals surface area contributed by atoms with Crippen LogP contribution in [-0.4, -0.2) is 34.4 Å². The van der Waals surface area contributed by atoms with Crippen molar-refractivity contribution in [2.75, 3.05) is 13.1 Å². The molecular weight excluding hydrogens is 400 g/mol. The van der Waals surface area contributed by atoms with E-state index in [0.717, 1.165) is 28.3 Å². The molecule has 5 nitrogen and oxygen atoms in total. The van der Waals surface area contributed by atoms with Crippen LogP contribution in [-0.2, 0) is 0 Å². The molecule has 1 N–H and O–H groups in total. The average molecular weight is 419 g/mol. The number of carbonyl (C=O) groups is 1. The predicted molar refractivity (Wildman–Crippen MR) is 114 cm³/mol. The number of hydrogen-bond acceptors (Lipinski definition) is 6. The first-order chi connectivity index (χ1) is 14.2. The topological polar surface area (TPSA) is 69.0 Å². The molecule has 2 heterocycles. The van der Waals surface area contributed by atoms with Gasteiger partial charge in [-0.25, -0.2) is 4.98 Å². The van der Waals surface area contributed by atoms with Crippen molar-refractivity contribution < 1.29 is 4.79 Å². The Kier molecular flexibility index (Phi) is 4.53. The normalized spacial score (nSPS) is 22.0. The molecule has 3 aromatic rings. The van der Waals surface area contributed by atoms with E-state index in [1.54, 1.807) is 22.9 Å². The molecule has 1 saturated carbocycles. The number of likely N-dealkylation sites (tertiary alicyclic amines) is 1. The lowest BCUT2D eigenvalue weighted by atomic mass is 10.2. The van der Waals surface area contributed by atoms with Crippen LogP contribution in [0.1, 0.15) is 16.2 Å². The molecule has 1 aromatic heterocycles. The second-order valence-corrected chi connectivity index (χ2v) is 9.58. The molecule has 2 atom stereocenters. The molecule has 1 aliphatic carbocycles. The SMILES string of the molecule is N#CN1CC2C[C@]2(NC(=O)c2ncc(-c3ccccc3Sc3ccccc3)s2)C1. The second-order valence-electron chi connectivity index (χ2n) is 7.43. The number of piperidine rings is 1. The van der Waals surface area contributed by atoms with Gasteiger partial charge >= 0.3 is 0 Å². The highest BCUT2D eigenvalue weighted by molar-refractivity contribution is 7.99. The quantitative estimate of drug-likeness (QED) is 0.628. The van der Waals surface area contributed by atoms with Gasteiger partial charge in [0.1, 0.15) is 0 Å². The third-order valence-corrected chi connectivity index (χ3v) is 7.59. The fourth-order valence-corrected chi connectivity index (χ4v) is 5.81. The summed E-state index contributed by atoms with van der Waals surface area (Å²) in [6.45, 7) is 1.35. The molecule has 0 bridgehead atoms. The van der Waals surface area contributed by atoms with Gasteiger partial charge in [0.15, 0.2) is 11.2 Å². The fraction of sp³-hybridized carbons (Fsp3) is 0.227. The Bertz CT molecular complexity index is 1110. The van der Waals surface area contributed by atoms with Gasteiger partial charge in [0, 0.05) is 34.0 Å². The molecule has 2 fully saturated rings. The Balaban J connectivity index is 1.35. The first-order valence-corrected chi connectivity index (χ1v) is 11.1. The van der Waals surface area contributed by atoms with Crippen molar-refractivity contribution in [2.24, 2.45) is 5.92 Å². The number of nitrogens with one attached hydrogen (secondary N) is 1. The fourth-order valence-electron chi connectivity index (χ4n) is 3.91. The number of benzene rings is 2. The molecule has 0 spiro atoms. The Labute approximate surface area is 177 Å². The van der Waals surface area contributed by atoms with Crippen LogP contribution < -0.4 is 5.32 Å². The zero-order valence-electron chi connectivity index (χ0n) is 15.5. The van der Waals surface area contributed by atoms with Crippen LogP contribution in [0.15, 0.2) is 70.6 Å². The lowest BCUT2D eigenvalue weighted by Crippen LogP contribution is -2.41. The first kappa shape index (κ1) is 18.2. The molecule has 7 heteroatoms. The summed E-state index contributed by atoms with van der Waals surface area (Å²) in [6.07, 6.45) is 4.91. The lowest BCUT2D eigenvalue weighted by molar-refractivity contribution is 0.0929. The van der Waals surface area contributed by atoms with Crippen LogP contribution in [0.2, 0.25) is 0 Å². The maximum atomic E-state index is 12.8. The molecule has 144 valence electrons. The van der Waals surface area contributed by atoms with Crippen LogP contribution in [0.25, 0.3) is 10.4 Å². The van der Waals surface area contributed by atoms with Crippen LogP contribution in [0.5, 0.6) is 0 Å². The highest BCUT2D eigenvalue weighted by Gasteiger charge is 2.61. The highest BCUT2D eigenvalue weighted by Crippen LogP contribution is 2.49. The summed E-state index contributed by atoms with van der Waals surface area (Å²) in [6, 6.07) is 18.4. The molecule has 5 rings (SSSR count). The van der Waals surface area contributed by atoms with Crippen molar-refractivity contribution in [1.29, 1.82) is 5.26 Å². The van der Waals surface area contributed by atoms with Crippen LogP contribution in [0.3, 0.4) is 0 Å². The summed E-state index contributed by atoms with van der Waals surface area (Å²) in [5.74, 6) is 0.241. The van der Waals surface area contributed by atoms with Gasteiger partial charge < -0.3 is 10.2 Å². The van der Waals surface area contributed by atoms with E-state index in [0.29, 0.717) is 17.5 Å². The van der Waals surface area contributed by atoms with Crippen LogP contribution in [0.4, 0.5) is 0 Å². The molecule has 1 saturated heterocycles. The minimum atomic E-state index is -0.236. The zero-order valence-corrected chi connectivity index (χ0v) is 17.2. The Morgan fingerprint density at radius 2 is 2.03 bits per heavy atom. The van der Waals surface area contributed by atoms with Gasteiger partial charge in [-0.05, 0) is 24.6 Å². The van der Waals surface area contributed by atoms with Crippen molar-refractivity contribution in [1.82, 2.24) is 15.2 Å². The molecule has 0 radical (unpaired) electrons. The number of amides is 1. The number of fused-ring (bicyclic) bond motifs is 1. The minimum absolute atomic E-state index is 0.142. The molecule has 2 aliphatic rings. The summed E-state index contributed by atoms with van der Waals surface area (Å²) >= 11 is 3.11. The van der Waals surface area contributed by atoms with Crippen LogP contribution >= 0.6 is 23.1 Å². The highest BCUT2D eigenvalue weighted by atomic mass is 32.2. The van der Waals surface area contributed by atoms with E-state index in [2.05, 4.69) is 40.8 Å². The average Bonchev–Trinajstić information content (AvgIpc) is 3.10. The molecule has 2 aromatic carbocycles. The Hall–Kier alpha value is -2.82. The minimum Gasteiger partial charge on any atom is -0.342 e. The molecular formula is C22H18N4OS2. The summed E-state index contributed by atoms with van der Waals surface area (Å²) in [5.41, 5.74) is 0.844. The largest absolute Gasteiger partial charge is 0.342 e. The van der Waals surface area contributed by atoms with Gasteiger partial charge in [-0.2, -0.15) is 5.26 Å². The van der Waals surface area contributed by atoms with E-state index < -0.39 is 0 Å². The van der Waals surface area contributed by atoms with Gasteiger partial charge in [-0.1, -0.05) is 48.2 Å². The van der Waals surface area contributed by atoms with E-state index >= 15 is 0 Å². The smallest absolute Gasteiger partial charge is 0.280 e. The molecule has 29 heavy (non-hydrogen) atoms. The van der Waals surface area contributed by atoms with Crippen molar-refractivity contribution in [3.05, 3.63) is 65.8 Å².